The number of benzene rings is 1. The van der Waals surface area contributed by atoms with E-state index in [0.717, 1.165) is 0 Å². The van der Waals surface area contributed by atoms with E-state index in [2.05, 4.69) is 11.8 Å². The average Bonchev–Trinajstić information content (AvgIpc) is 3.04. The highest BCUT2D eigenvalue weighted by molar-refractivity contribution is 7.17. The summed E-state index contributed by atoms with van der Waals surface area (Å²) in [7, 11) is 0. The number of fused-ring (bicyclic) bond motifs is 1. The molecule has 6 heteroatoms. The second-order valence-electron chi connectivity index (χ2n) is 5.62. The third kappa shape index (κ3) is 3.29. The van der Waals surface area contributed by atoms with Gasteiger partial charge >= 0.3 is 0 Å². The van der Waals surface area contributed by atoms with Crippen molar-refractivity contribution in [3.63, 3.8) is 0 Å². The zero-order valence-electron chi connectivity index (χ0n) is 13.3. The van der Waals surface area contributed by atoms with Gasteiger partial charge in [-0.15, -0.1) is 11.3 Å². The Morgan fingerprint density at radius 2 is 2.00 bits per heavy atom. The molecule has 0 spiro atoms. The van der Waals surface area contributed by atoms with E-state index < -0.39 is 0 Å². The number of ether oxygens (including phenoxy) is 1. The highest BCUT2D eigenvalue weighted by Gasteiger charge is 2.17. The van der Waals surface area contributed by atoms with E-state index in [1.54, 1.807) is 17.5 Å². The summed E-state index contributed by atoms with van der Waals surface area (Å²) in [5.74, 6) is 6.11. The van der Waals surface area contributed by atoms with Crippen LogP contribution in [0.4, 0.5) is 10.3 Å². The van der Waals surface area contributed by atoms with Crippen molar-refractivity contribution in [1.29, 1.82) is 0 Å². The van der Waals surface area contributed by atoms with Crippen LogP contribution >= 0.6 is 11.3 Å². The zero-order valence-corrected chi connectivity index (χ0v) is 14.1. The van der Waals surface area contributed by atoms with Gasteiger partial charge in [0.25, 0.3) is 0 Å². The number of hydrogen-bond acceptors (Lipinski definition) is 5. The number of halogens is 1. The predicted octanol–water partition coefficient (Wildman–Crippen LogP) is 3.23. The summed E-state index contributed by atoms with van der Waals surface area (Å²) < 4.78 is 25.1. The fourth-order valence-corrected chi connectivity index (χ4v) is 3.50. The molecule has 1 saturated heterocycles. The van der Waals surface area contributed by atoms with Gasteiger partial charge in [0.1, 0.15) is 10.5 Å². The van der Waals surface area contributed by atoms with Crippen LogP contribution in [0, 0.1) is 17.7 Å². The molecule has 1 aromatic carbocycles. The van der Waals surface area contributed by atoms with Crippen LogP contribution in [0.3, 0.4) is 0 Å². The molecule has 0 aliphatic carbocycles. The first-order valence-corrected chi connectivity index (χ1v) is 8.74. The molecule has 1 aliphatic heterocycles. The first kappa shape index (κ1) is 15.9. The maximum absolute atomic E-state index is 13.3. The Labute approximate surface area is 147 Å². The number of anilines is 1. The number of thiophene rings is 1. The smallest absolute Gasteiger partial charge is 0.204 e. The van der Waals surface area contributed by atoms with Crippen LogP contribution in [0.25, 0.3) is 10.3 Å². The SMILES string of the molecule is O=c1cc(N2CCOCC2)oc2c(C#Cc3cccc(F)c3)csc12. The molecule has 3 heterocycles. The minimum Gasteiger partial charge on any atom is -0.438 e. The Kier molecular flexibility index (Phi) is 4.26. The molecule has 4 nitrogen and oxygen atoms in total. The molecule has 0 atom stereocenters. The maximum Gasteiger partial charge on any atom is 0.204 e. The van der Waals surface area contributed by atoms with E-state index in [9.17, 15) is 9.18 Å². The van der Waals surface area contributed by atoms with Gasteiger partial charge in [-0.2, -0.15) is 0 Å². The zero-order chi connectivity index (χ0) is 17.2. The second kappa shape index (κ2) is 6.71. The molecule has 25 heavy (non-hydrogen) atoms. The van der Waals surface area contributed by atoms with Crippen LogP contribution < -0.4 is 10.3 Å². The Balaban J connectivity index is 1.75. The molecule has 0 unspecified atom stereocenters. The molecule has 0 amide bonds. The molecular formula is C19H14FNO3S. The number of nitrogens with zero attached hydrogens (tertiary/aromatic N) is 1. The standard InChI is InChI=1S/C19H14FNO3S/c20-15-3-1-2-13(10-15)4-5-14-12-25-19-16(22)11-17(24-18(14)19)21-6-8-23-9-7-21/h1-3,10-12H,6-9H2. The van der Waals surface area contributed by atoms with Crippen molar-refractivity contribution in [1.82, 2.24) is 0 Å². The molecule has 126 valence electrons. The third-order valence-electron chi connectivity index (χ3n) is 3.92. The van der Waals surface area contributed by atoms with Crippen molar-refractivity contribution in [3.05, 3.63) is 62.9 Å². The molecule has 0 N–H and O–H groups in total. The van der Waals surface area contributed by atoms with Gasteiger partial charge in [0.05, 0.1) is 18.8 Å². The molecule has 0 radical (unpaired) electrons. The molecular weight excluding hydrogens is 341 g/mol. The van der Waals surface area contributed by atoms with Crippen molar-refractivity contribution >= 4 is 27.5 Å². The van der Waals surface area contributed by atoms with Gasteiger partial charge in [0, 0.05) is 30.1 Å². The van der Waals surface area contributed by atoms with Crippen LogP contribution in [0.5, 0.6) is 0 Å². The van der Waals surface area contributed by atoms with Gasteiger partial charge in [0.15, 0.2) is 11.5 Å². The summed E-state index contributed by atoms with van der Waals surface area (Å²) in [5, 5.41) is 1.80. The van der Waals surface area contributed by atoms with Crippen LogP contribution in [0.2, 0.25) is 0 Å². The molecule has 1 fully saturated rings. The summed E-state index contributed by atoms with van der Waals surface area (Å²) in [6, 6.07) is 7.62. The van der Waals surface area contributed by atoms with E-state index in [0.29, 0.717) is 53.6 Å². The van der Waals surface area contributed by atoms with Gasteiger partial charge in [-0.25, -0.2) is 4.39 Å². The van der Waals surface area contributed by atoms with E-state index in [-0.39, 0.29) is 11.2 Å². The minimum absolute atomic E-state index is 0.0773. The lowest BCUT2D eigenvalue weighted by atomic mass is 10.2. The summed E-state index contributed by atoms with van der Waals surface area (Å²) in [5.41, 5.74) is 1.62. The molecule has 4 rings (SSSR count). The van der Waals surface area contributed by atoms with E-state index in [1.165, 1.54) is 29.5 Å². The number of rotatable bonds is 1. The summed E-state index contributed by atoms with van der Waals surface area (Å²) in [6.07, 6.45) is 0. The van der Waals surface area contributed by atoms with Gasteiger partial charge in [0.2, 0.25) is 5.43 Å². The summed E-state index contributed by atoms with van der Waals surface area (Å²) in [4.78, 5) is 14.4. The van der Waals surface area contributed by atoms with Gasteiger partial charge in [-0.3, -0.25) is 4.79 Å². The predicted molar refractivity (Wildman–Crippen MR) is 95.8 cm³/mol. The lowest BCUT2D eigenvalue weighted by molar-refractivity contribution is 0.121. The molecule has 3 aromatic rings. The molecule has 0 saturated carbocycles. The average molecular weight is 355 g/mol. The van der Waals surface area contributed by atoms with Gasteiger partial charge < -0.3 is 14.1 Å². The first-order chi connectivity index (χ1) is 12.2. The topological polar surface area (TPSA) is 42.7 Å². The van der Waals surface area contributed by atoms with E-state index in [1.807, 2.05) is 4.90 Å². The Morgan fingerprint density at radius 1 is 1.16 bits per heavy atom. The quantitative estimate of drug-likeness (QED) is 0.629. The third-order valence-corrected chi connectivity index (χ3v) is 4.90. The largest absolute Gasteiger partial charge is 0.438 e. The number of morpholine rings is 1. The second-order valence-corrected chi connectivity index (χ2v) is 6.50. The highest BCUT2D eigenvalue weighted by atomic mass is 32.1. The Bertz CT molecular complexity index is 1040. The van der Waals surface area contributed by atoms with Crippen LogP contribution in [0.15, 0.2) is 44.9 Å². The van der Waals surface area contributed by atoms with Crippen molar-refractivity contribution in [2.45, 2.75) is 0 Å². The fourth-order valence-electron chi connectivity index (χ4n) is 2.66. The molecule has 2 aromatic heterocycles. The summed E-state index contributed by atoms with van der Waals surface area (Å²) in [6.45, 7) is 2.58. The normalized spacial score (nSPS) is 14.4. The lowest BCUT2D eigenvalue weighted by Gasteiger charge is -2.26. The minimum atomic E-state index is -0.330. The lowest BCUT2D eigenvalue weighted by Crippen LogP contribution is -2.36. The van der Waals surface area contributed by atoms with Crippen molar-refractivity contribution in [2.24, 2.45) is 0 Å². The molecule has 1 aliphatic rings. The number of hydrogen-bond donors (Lipinski definition) is 0. The first-order valence-electron chi connectivity index (χ1n) is 7.86. The van der Waals surface area contributed by atoms with Crippen molar-refractivity contribution in [2.75, 3.05) is 31.2 Å². The van der Waals surface area contributed by atoms with E-state index >= 15 is 0 Å². The Hall–Kier alpha value is -2.62. The highest BCUT2D eigenvalue weighted by Crippen LogP contribution is 2.27. The Morgan fingerprint density at radius 3 is 2.80 bits per heavy atom. The maximum atomic E-state index is 13.3. The summed E-state index contributed by atoms with van der Waals surface area (Å²) >= 11 is 1.31. The van der Waals surface area contributed by atoms with Crippen molar-refractivity contribution < 1.29 is 13.5 Å². The van der Waals surface area contributed by atoms with Crippen LogP contribution in [0.1, 0.15) is 11.1 Å². The van der Waals surface area contributed by atoms with Crippen LogP contribution in [-0.2, 0) is 4.74 Å². The van der Waals surface area contributed by atoms with E-state index in [4.69, 9.17) is 9.15 Å². The molecule has 0 bridgehead atoms. The van der Waals surface area contributed by atoms with Gasteiger partial charge in [-0.1, -0.05) is 17.9 Å². The fraction of sp³-hybridized carbons (Fsp3) is 0.211. The monoisotopic (exact) mass is 355 g/mol. The van der Waals surface area contributed by atoms with Gasteiger partial charge in [-0.05, 0) is 18.2 Å². The van der Waals surface area contributed by atoms with Crippen LogP contribution in [-0.4, -0.2) is 26.3 Å². The van der Waals surface area contributed by atoms with Crippen molar-refractivity contribution in [3.8, 4) is 11.8 Å².